The van der Waals surface area contributed by atoms with Crippen molar-refractivity contribution in [3.8, 4) is 11.5 Å². The number of non-ortho nitro benzene ring substituents is 1. The molecule has 1 fully saturated rings. The summed E-state index contributed by atoms with van der Waals surface area (Å²) in [6.07, 6.45) is -0.317. The van der Waals surface area contributed by atoms with Crippen molar-refractivity contribution in [2.24, 2.45) is 0 Å². The van der Waals surface area contributed by atoms with E-state index >= 15 is 0 Å². The van der Waals surface area contributed by atoms with E-state index in [1.54, 1.807) is 19.1 Å². The van der Waals surface area contributed by atoms with Gasteiger partial charge in [-0.2, -0.15) is 0 Å². The average Bonchev–Trinajstić information content (AvgIpc) is 2.93. The van der Waals surface area contributed by atoms with Crippen molar-refractivity contribution in [3.05, 3.63) is 63.7 Å². The number of aromatic hydroxyl groups is 2. The third-order valence-corrected chi connectivity index (χ3v) is 3.97. The Hall–Kier alpha value is -2.64. The number of nitro benzene ring substituents is 1. The van der Waals surface area contributed by atoms with Crippen molar-refractivity contribution in [3.63, 3.8) is 0 Å². The predicted molar refractivity (Wildman–Crippen MR) is 82.0 cm³/mol. The molecule has 7 heteroatoms. The summed E-state index contributed by atoms with van der Waals surface area (Å²) in [7, 11) is 0. The summed E-state index contributed by atoms with van der Waals surface area (Å²) in [5.41, 5.74) is 0.288. The van der Waals surface area contributed by atoms with Gasteiger partial charge >= 0.3 is 0 Å². The van der Waals surface area contributed by atoms with Crippen molar-refractivity contribution in [2.75, 3.05) is 6.54 Å². The molecule has 0 saturated carbocycles. The maximum absolute atomic E-state index is 10.7. The van der Waals surface area contributed by atoms with Gasteiger partial charge in [0.25, 0.3) is 5.69 Å². The molecule has 0 radical (unpaired) electrons. The van der Waals surface area contributed by atoms with Crippen molar-refractivity contribution < 1.29 is 19.9 Å². The van der Waals surface area contributed by atoms with E-state index < -0.39 is 10.6 Å². The van der Waals surface area contributed by atoms with Gasteiger partial charge in [0.2, 0.25) is 0 Å². The van der Waals surface area contributed by atoms with Crippen LogP contribution in [0.15, 0.2) is 42.5 Å². The highest BCUT2D eigenvalue weighted by Crippen LogP contribution is 2.40. The average molecular weight is 316 g/mol. The maximum Gasteiger partial charge on any atom is 0.269 e. The van der Waals surface area contributed by atoms with E-state index in [-0.39, 0.29) is 23.3 Å². The van der Waals surface area contributed by atoms with Crippen LogP contribution in [0.5, 0.6) is 11.5 Å². The van der Waals surface area contributed by atoms with Crippen LogP contribution in [-0.2, 0) is 10.5 Å². The monoisotopic (exact) mass is 316 g/mol. The number of phenols is 2. The zero-order chi connectivity index (χ0) is 16.6. The zero-order valence-corrected chi connectivity index (χ0v) is 12.4. The molecule has 7 nitrogen and oxygen atoms in total. The molecule has 2 aromatic carbocycles. The third-order valence-electron chi connectivity index (χ3n) is 3.97. The van der Waals surface area contributed by atoms with E-state index in [9.17, 15) is 20.3 Å². The SMILES string of the molecule is C[C@@]1(c2cc(O)ccc2O)NC[C@H](c2ccc([N+](=O)[O-])cc2)O1. The van der Waals surface area contributed by atoms with Gasteiger partial charge in [-0.05, 0) is 42.8 Å². The summed E-state index contributed by atoms with van der Waals surface area (Å²) in [6.45, 7) is 2.23. The molecule has 1 saturated heterocycles. The van der Waals surface area contributed by atoms with Crippen molar-refractivity contribution >= 4 is 5.69 Å². The van der Waals surface area contributed by atoms with E-state index in [2.05, 4.69) is 5.32 Å². The fourth-order valence-electron chi connectivity index (χ4n) is 2.72. The molecule has 1 aliphatic heterocycles. The minimum Gasteiger partial charge on any atom is -0.508 e. The first-order chi connectivity index (χ1) is 10.9. The van der Waals surface area contributed by atoms with Crippen LogP contribution in [-0.4, -0.2) is 21.7 Å². The van der Waals surface area contributed by atoms with Crippen LogP contribution in [0, 0.1) is 10.1 Å². The first-order valence-corrected chi connectivity index (χ1v) is 7.09. The second kappa shape index (κ2) is 5.53. The molecule has 120 valence electrons. The minimum atomic E-state index is -0.963. The standard InChI is InChI=1S/C16H16N2O5/c1-16(13-8-12(19)6-7-14(13)20)17-9-15(23-16)10-2-4-11(5-3-10)18(21)22/h2-8,15,17,19-20H,9H2,1H3/t15-,16-/m1/s1. The Morgan fingerprint density at radius 1 is 1.26 bits per heavy atom. The normalized spacial score (nSPS) is 23.8. The van der Waals surface area contributed by atoms with E-state index in [4.69, 9.17) is 4.74 Å². The lowest BCUT2D eigenvalue weighted by molar-refractivity contribution is -0.384. The van der Waals surface area contributed by atoms with Gasteiger partial charge in [-0.3, -0.25) is 15.4 Å². The molecule has 0 amide bonds. The number of hydrogen-bond donors (Lipinski definition) is 3. The van der Waals surface area contributed by atoms with E-state index in [0.717, 1.165) is 5.56 Å². The van der Waals surface area contributed by atoms with Crippen LogP contribution >= 0.6 is 0 Å². The third kappa shape index (κ3) is 2.84. The lowest BCUT2D eigenvalue weighted by atomic mass is 10.0. The van der Waals surface area contributed by atoms with Gasteiger partial charge in [0.1, 0.15) is 17.2 Å². The molecule has 23 heavy (non-hydrogen) atoms. The molecule has 0 spiro atoms. The van der Waals surface area contributed by atoms with Gasteiger partial charge in [0.05, 0.1) is 11.0 Å². The Balaban J connectivity index is 1.84. The molecule has 0 bridgehead atoms. The van der Waals surface area contributed by atoms with Crippen LogP contribution < -0.4 is 5.32 Å². The zero-order valence-electron chi connectivity index (χ0n) is 12.4. The predicted octanol–water partition coefficient (Wildman–Crippen LogP) is 2.54. The first kappa shape index (κ1) is 15.3. The van der Waals surface area contributed by atoms with Crippen LogP contribution in [0.25, 0.3) is 0 Å². The Morgan fingerprint density at radius 2 is 1.96 bits per heavy atom. The number of nitrogens with zero attached hydrogens (tertiary/aromatic N) is 1. The van der Waals surface area contributed by atoms with E-state index in [1.165, 1.54) is 30.3 Å². The number of nitro groups is 1. The number of benzene rings is 2. The quantitative estimate of drug-likeness (QED) is 0.456. The fraction of sp³-hybridized carbons (Fsp3) is 0.250. The van der Waals surface area contributed by atoms with Crippen molar-refractivity contribution in [1.82, 2.24) is 5.32 Å². The largest absolute Gasteiger partial charge is 0.508 e. The van der Waals surface area contributed by atoms with Gasteiger partial charge < -0.3 is 14.9 Å². The summed E-state index contributed by atoms with van der Waals surface area (Å²) in [5.74, 6) is 0.0466. The minimum absolute atomic E-state index is 0.0159. The topological polar surface area (TPSA) is 105 Å². The highest BCUT2D eigenvalue weighted by atomic mass is 16.6. The Kier molecular flexibility index (Phi) is 3.67. The molecule has 2 aromatic rings. The summed E-state index contributed by atoms with van der Waals surface area (Å²) in [5, 5.41) is 33.5. The molecule has 1 aliphatic rings. The smallest absolute Gasteiger partial charge is 0.269 e. The highest BCUT2D eigenvalue weighted by molar-refractivity contribution is 5.43. The van der Waals surface area contributed by atoms with Crippen LogP contribution in [0.2, 0.25) is 0 Å². The Bertz CT molecular complexity index is 747. The van der Waals surface area contributed by atoms with Gasteiger partial charge in [-0.25, -0.2) is 0 Å². The van der Waals surface area contributed by atoms with Gasteiger partial charge in [-0.15, -0.1) is 0 Å². The summed E-state index contributed by atoms with van der Waals surface area (Å²) < 4.78 is 6.01. The number of rotatable bonds is 3. The highest BCUT2D eigenvalue weighted by Gasteiger charge is 2.39. The molecule has 1 heterocycles. The van der Waals surface area contributed by atoms with Crippen LogP contribution in [0.1, 0.15) is 24.2 Å². The van der Waals surface area contributed by atoms with Crippen LogP contribution in [0.4, 0.5) is 5.69 Å². The van der Waals surface area contributed by atoms with Crippen molar-refractivity contribution in [1.29, 1.82) is 0 Å². The van der Waals surface area contributed by atoms with E-state index in [0.29, 0.717) is 12.1 Å². The maximum atomic E-state index is 10.7. The molecule has 3 rings (SSSR count). The van der Waals surface area contributed by atoms with Crippen molar-refractivity contribution in [2.45, 2.75) is 18.8 Å². The molecule has 2 atom stereocenters. The van der Waals surface area contributed by atoms with Gasteiger partial charge in [0.15, 0.2) is 0 Å². The van der Waals surface area contributed by atoms with E-state index in [1.807, 2.05) is 0 Å². The second-order valence-corrected chi connectivity index (χ2v) is 5.57. The number of hydrogen-bond acceptors (Lipinski definition) is 6. The molecule has 0 aliphatic carbocycles. The molecular weight excluding hydrogens is 300 g/mol. The summed E-state index contributed by atoms with van der Waals surface area (Å²) in [6, 6.07) is 10.4. The summed E-state index contributed by atoms with van der Waals surface area (Å²) in [4.78, 5) is 10.2. The molecular formula is C16H16N2O5. The molecule has 0 aromatic heterocycles. The molecule has 3 N–H and O–H groups in total. The number of ether oxygens (including phenoxy) is 1. The first-order valence-electron chi connectivity index (χ1n) is 7.09. The molecule has 0 unspecified atom stereocenters. The Labute approximate surface area is 132 Å². The lowest BCUT2D eigenvalue weighted by Crippen LogP contribution is -2.34. The lowest BCUT2D eigenvalue weighted by Gasteiger charge is -2.26. The number of phenolic OH excluding ortho intramolecular Hbond substituents is 2. The van der Waals surface area contributed by atoms with Gasteiger partial charge in [-0.1, -0.05) is 0 Å². The second-order valence-electron chi connectivity index (χ2n) is 5.57. The number of nitrogens with one attached hydrogen (secondary N) is 1. The van der Waals surface area contributed by atoms with Gasteiger partial charge in [0, 0.05) is 24.2 Å². The summed E-state index contributed by atoms with van der Waals surface area (Å²) >= 11 is 0. The Morgan fingerprint density at radius 3 is 2.61 bits per heavy atom. The van der Waals surface area contributed by atoms with Crippen LogP contribution in [0.3, 0.4) is 0 Å². The fourth-order valence-corrected chi connectivity index (χ4v) is 2.72.